The third kappa shape index (κ3) is 4.65. The molecule has 3 aromatic carbocycles. The first-order valence-electron chi connectivity index (χ1n) is 12.7. The quantitative estimate of drug-likeness (QED) is 0.256. The van der Waals surface area contributed by atoms with E-state index < -0.39 is 27.6 Å². The topological polar surface area (TPSA) is 121 Å². The first-order chi connectivity index (χ1) is 20.0. The molecule has 212 valence electrons. The summed E-state index contributed by atoms with van der Waals surface area (Å²) in [7, 11) is -0.847. The molecule has 9 nitrogen and oxygen atoms in total. The number of aromatic nitrogens is 3. The number of carbonyl (C=O) groups excluding carboxylic acids is 1. The summed E-state index contributed by atoms with van der Waals surface area (Å²) in [6.07, 6.45) is 4.17. The minimum Gasteiger partial charge on any atom is -0.455 e. The van der Waals surface area contributed by atoms with Gasteiger partial charge in [-0.1, -0.05) is 6.07 Å². The molecule has 6 rings (SSSR count). The second-order valence-corrected chi connectivity index (χ2v) is 11.7. The molecule has 0 aliphatic heterocycles. The molecule has 2 N–H and O–H groups in total. The number of fused-ring (bicyclic) bond motifs is 2. The normalized spacial score (nSPS) is 11.7. The molecule has 42 heavy (non-hydrogen) atoms. The molecule has 0 fully saturated rings. The number of aromatic amines is 1. The molecule has 12 heteroatoms. The van der Waals surface area contributed by atoms with E-state index in [1.54, 1.807) is 36.7 Å². The molecule has 1 amide bonds. The molecule has 0 saturated heterocycles. The standard InChI is InChI=1S/C30H23F2N5O4S/c1-33-30(38)26-21-12-20(17-11-18(15-34-14-17)29-35-23-6-4-5-22(32)27(23)36-29)24(37(2)42(3,39)40)13-25(21)41-28(26)16-7-9-19(31)10-8-16/h4-15H,1-3H3,(H,33,38)(H,35,36). The Labute approximate surface area is 238 Å². The number of hydrogen-bond donors (Lipinski definition) is 2. The van der Waals surface area contributed by atoms with E-state index in [9.17, 15) is 22.0 Å². The summed E-state index contributed by atoms with van der Waals surface area (Å²) in [5, 5.41) is 3.02. The van der Waals surface area contributed by atoms with Crippen molar-refractivity contribution in [2.45, 2.75) is 0 Å². The van der Waals surface area contributed by atoms with Crippen LogP contribution >= 0.6 is 0 Å². The maximum atomic E-state index is 14.3. The summed E-state index contributed by atoms with van der Waals surface area (Å²) < 4.78 is 60.5. The van der Waals surface area contributed by atoms with Crippen molar-refractivity contribution in [3.05, 3.63) is 90.3 Å². The van der Waals surface area contributed by atoms with Crippen molar-refractivity contribution in [1.82, 2.24) is 20.3 Å². The van der Waals surface area contributed by atoms with Crippen LogP contribution in [0.1, 0.15) is 10.4 Å². The van der Waals surface area contributed by atoms with E-state index in [1.165, 1.54) is 50.5 Å². The number of furan rings is 1. The van der Waals surface area contributed by atoms with Crippen LogP contribution in [0.15, 0.2) is 77.5 Å². The van der Waals surface area contributed by atoms with Crippen LogP contribution in [0.5, 0.6) is 0 Å². The van der Waals surface area contributed by atoms with E-state index in [-0.39, 0.29) is 28.1 Å². The highest BCUT2D eigenvalue weighted by molar-refractivity contribution is 7.92. The SMILES string of the molecule is CNC(=O)c1c(-c2ccc(F)cc2)oc2cc(N(C)S(C)(=O)=O)c(-c3cncc(-c4nc5c(F)cccc5[nH]4)c3)cc12. The molecular weight excluding hydrogens is 564 g/mol. The van der Waals surface area contributed by atoms with Crippen LogP contribution < -0.4 is 9.62 Å². The van der Waals surface area contributed by atoms with Gasteiger partial charge in [-0.15, -0.1) is 0 Å². The van der Waals surface area contributed by atoms with Crippen molar-refractivity contribution >= 4 is 43.6 Å². The second-order valence-electron chi connectivity index (χ2n) is 9.67. The predicted molar refractivity (Wildman–Crippen MR) is 157 cm³/mol. The van der Waals surface area contributed by atoms with Gasteiger partial charge in [-0.2, -0.15) is 0 Å². The van der Waals surface area contributed by atoms with Crippen LogP contribution in [0.3, 0.4) is 0 Å². The van der Waals surface area contributed by atoms with Crippen molar-refractivity contribution in [1.29, 1.82) is 0 Å². The van der Waals surface area contributed by atoms with Gasteiger partial charge in [-0.25, -0.2) is 22.2 Å². The number of nitrogens with one attached hydrogen (secondary N) is 2. The minimum atomic E-state index is -3.73. The number of hydrogen-bond acceptors (Lipinski definition) is 6. The Balaban J connectivity index is 1.60. The van der Waals surface area contributed by atoms with Crippen molar-refractivity contribution in [2.75, 3.05) is 24.7 Å². The van der Waals surface area contributed by atoms with E-state index in [2.05, 4.69) is 20.3 Å². The van der Waals surface area contributed by atoms with Gasteiger partial charge in [0.15, 0.2) is 5.82 Å². The van der Waals surface area contributed by atoms with Gasteiger partial charge >= 0.3 is 0 Å². The Hall–Kier alpha value is -5.10. The van der Waals surface area contributed by atoms with Crippen molar-refractivity contribution in [3.63, 3.8) is 0 Å². The molecule has 0 aliphatic rings. The number of imidazole rings is 1. The van der Waals surface area contributed by atoms with Gasteiger partial charge in [-0.05, 0) is 48.5 Å². The van der Waals surface area contributed by atoms with Crippen molar-refractivity contribution in [3.8, 4) is 33.8 Å². The Morgan fingerprint density at radius 3 is 2.43 bits per heavy atom. The number of pyridine rings is 1. The highest BCUT2D eigenvalue weighted by Gasteiger charge is 2.26. The lowest BCUT2D eigenvalue weighted by molar-refractivity contribution is 0.0964. The van der Waals surface area contributed by atoms with Crippen molar-refractivity contribution < 1.29 is 26.4 Å². The van der Waals surface area contributed by atoms with Gasteiger partial charge in [0.25, 0.3) is 5.91 Å². The fraction of sp³-hybridized carbons (Fsp3) is 0.100. The number of halogens is 2. The Morgan fingerprint density at radius 2 is 1.74 bits per heavy atom. The molecule has 0 bridgehead atoms. The molecular formula is C30H23F2N5O4S. The van der Waals surface area contributed by atoms with Gasteiger partial charge in [0.1, 0.15) is 28.5 Å². The zero-order valence-electron chi connectivity index (χ0n) is 22.6. The van der Waals surface area contributed by atoms with Crippen LogP contribution in [-0.4, -0.2) is 49.6 Å². The van der Waals surface area contributed by atoms with E-state index in [0.717, 1.165) is 10.6 Å². The van der Waals surface area contributed by atoms with Crippen LogP contribution in [0, 0.1) is 11.6 Å². The molecule has 3 aromatic heterocycles. The van der Waals surface area contributed by atoms with Gasteiger partial charge in [0.2, 0.25) is 10.0 Å². The van der Waals surface area contributed by atoms with Gasteiger partial charge in [0, 0.05) is 60.2 Å². The number of sulfonamides is 1. The Bertz CT molecular complexity index is 2120. The smallest absolute Gasteiger partial charge is 0.255 e. The molecule has 3 heterocycles. The maximum Gasteiger partial charge on any atom is 0.255 e. The highest BCUT2D eigenvalue weighted by atomic mass is 32.2. The van der Waals surface area contributed by atoms with Crippen molar-refractivity contribution in [2.24, 2.45) is 0 Å². The monoisotopic (exact) mass is 587 g/mol. The lowest BCUT2D eigenvalue weighted by Crippen LogP contribution is -2.25. The second kappa shape index (κ2) is 10.1. The summed E-state index contributed by atoms with van der Waals surface area (Å²) in [5.74, 6) is -0.794. The number of nitrogens with zero attached hydrogens (tertiary/aromatic N) is 3. The summed E-state index contributed by atoms with van der Waals surface area (Å²) in [4.78, 5) is 24.9. The fourth-order valence-electron chi connectivity index (χ4n) is 4.81. The largest absolute Gasteiger partial charge is 0.455 e. The molecule has 0 aliphatic carbocycles. The summed E-state index contributed by atoms with van der Waals surface area (Å²) in [6.45, 7) is 0. The first-order valence-corrected chi connectivity index (χ1v) is 14.5. The average molecular weight is 588 g/mol. The number of carbonyl (C=O) groups is 1. The van der Waals surface area contributed by atoms with E-state index in [0.29, 0.717) is 39.0 Å². The molecule has 0 spiro atoms. The average Bonchev–Trinajstić information content (AvgIpc) is 3.58. The molecule has 6 aromatic rings. The zero-order chi connectivity index (χ0) is 29.8. The number of rotatable bonds is 6. The summed E-state index contributed by atoms with van der Waals surface area (Å²) in [6, 6.07) is 15.0. The molecule has 0 atom stereocenters. The maximum absolute atomic E-state index is 14.3. The van der Waals surface area contributed by atoms with Crippen LogP contribution in [-0.2, 0) is 10.0 Å². The number of anilines is 1. The number of H-pyrrole nitrogens is 1. The number of benzene rings is 3. The van der Waals surface area contributed by atoms with Crippen LogP contribution in [0.4, 0.5) is 14.5 Å². The van der Waals surface area contributed by atoms with Gasteiger partial charge < -0.3 is 14.7 Å². The molecule has 0 saturated carbocycles. The highest BCUT2D eigenvalue weighted by Crippen LogP contribution is 2.41. The predicted octanol–water partition coefficient (Wildman–Crippen LogP) is 5.74. The third-order valence-corrected chi connectivity index (χ3v) is 8.18. The van der Waals surface area contributed by atoms with E-state index in [1.807, 2.05) is 0 Å². The summed E-state index contributed by atoms with van der Waals surface area (Å²) in [5.41, 5.74) is 3.34. The number of amides is 1. The Kier molecular flexibility index (Phi) is 6.49. The zero-order valence-corrected chi connectivity index (χ0v) is 23.4. The fourth-order valence-corrected chi connectivity index (χ4v) is 5.32. The van der Waals surface area contributed by atoms with Gasteiger partial charge in [0.05, 0.1) is 23.0 Å². The summed E-state index contributed by atoms with van der Waals surface area (Å²) >= 11 is 0. The third-order valence-electron chi connectivity index (χ3n) is 6.99. The van der Waals surface area contributed by atoms with E-state index in [4.69, 9.17) is 4.42 Å². The lowest BCUT2D eigenvalue weighted by atomic mass is 9.98. The van der Waals surface area contributed by atoms with E-state index >= 15 is 0 Å². The minimum absolute atomic E-state index is 0.179. The Morgan fingerprint density at radius 1 is 1.00 bits per heavy atom. The number of para-hydroxylation sites is 1. The first kappa shape index (κ1) is 27.1. The van der Waals surface area contributed by atoms with Crippen LogP contribution in [0.2, 0.25) is 0 Å². The van der Waals surface area contributed by atoms with Gasteiger partial charge in [-0.3, -0.25) is 14.1 Å². The van der Waals surface area contributed by atoms with Crippen LogP contribution in [0.25, 0.3) is 55.8 Å². The lowest BCUT2D eigenvalue weighted by Gasteiger charge is -2.20. The molecule has 0 unspecified atom stereocenters. The molecule has 0 radical (unpaired) electrons.